The van der Waals surface area contributed by atoms with E-state index in [0.717, 1.165) is 17.0 Å². The SMILES string of the molecule is COc1ccc(CNC(=O)CCCC(=O)Nc2ccc(C(C)C)cc2)cc1. The van der Waals surface area contributed by atoms with Gasteiger partial charge in [-0.25, -0.2) is 0 Å². The molecular weight excluding hydrogens is 340 g/mol. The molecule has 0 radical (unpaired) electrons. The van der Waals surface area contributed by atoms with Crippen LogP contribution in [0.25, 0.3) is 0 Å². The molecule has 0 aliphatic carbocycles. The molecule has 0 aromatic heterocycles. The summed E-state index contributed by atoms with van der Waals surface area (Å²) in [5.41, 5.74) is 3.03. The first-order valence-corrected chi connectivity index (χ1v) is 9.27. The highest BCUT2D eigenvalue weighted by Gasteiger charge is 2.07. The maximum atomic E-state index is 12.0. The summed E-state index contributed by atoms with van der Waals surface area (Å²) in [6, 6.07) is 15.4. The fraction of sp³-hybridized carbons (Fsp3) is 0.364. The van der Waals surface area contributed by atoms with E-state index >= 15 is 0 Å². The Kier molecular flexibility index (Phi) is 7.86. The second-order valence-electron chi connectivity index (χ2n) is 6.80. The molecular formula is C22H28N2O3. The Balaban J connectivity index is 1.65. The molecule has 5 nitrogen and oxygen atoms in total. The summed E-state index contributed by atoms with van der Waals surface area (Å²) in [6.07, 6.45) is 1.17. The van der Waals surface area contributed by atoms with E-state index in [2.05, 4.69) is 24.5 Å². The molecule has 0 spiro atoms. The zero-order valence-electron chi connectivity index (χ0n) is 16.2. The van der Waals surface area contributed by atoms with Crippen molar-refractivity contribution in [2.75, 3.05) is 12.4 Å². The number of benzene rings is 2. The van der Waals surface area contributed by atoms with E-state index in [4.69, 9.17) is 4.74 Å². The van der Waals surface area contributed by atoms with Crippen LogP contribution in [0.2, 0.25) is 0 Å². The monoisotopic (exact) mass is 368 g/mol. The summed E-state index contributed by atoms with van der Waals surface area (Å²) >= 11 is 0. The summed E-state index contributed by atoms with van der Waals surface area (Å²) in [6.45, 7) is 4.73. The maximum Gasteiger partial charge on any atom is 0.224 e. The van der Waals surface area contributed by atoms with Crippen molar-refractivity contribution < 1.29 is 14.3 Å². The van der Waals surface area contributed by atoms with E-state index in [1.807, 2.05) is 48.5 Å². The largest absolute Gasteiger partial charge is 0.497 e. The van der Waals surface area contributed by atoms with Gasteiger partial charge >= 0.3 is 0 Å². The first kappa shape index (κ1) is 20.5. The molecule has 0 bridgehead atoms. The van der Waals surface area contributed by atoms with Crippen LogP contribution in [-0.4, -0.2) is 18.9 Å². The van der Waals surface area contributed by atoms with E-state index < -0.39 is 0 Å². The number of hydrogen-bond acceptors (Lipinski definition) is 3. The van der Waals surface area contributed by atoms with Crippen molar-refractivity contribution in [2.24, 2.45) is 0 Å². The predicted octanol–water partition coefficient (Wildman–Crippen LogP) is 4.24. The molecule has 0 heterocycles. The number of amides is 2. The molecule has 144 valence electrons. The molecule has 0 saturated carbocycles. The Morgan fingerprint density at radius 2 is 1.56 bits per heavy atom. The Morgan fingerprint density at radius 1 is 0.926 bits per heavy atom. The van der Waals surface area contributed by atoms with Crippen LogP contribution in [0.15, 0.2) is 48.5 Å². The molecule has 0 saturated heterocycles. The first-order valence-electron chi connectivity index (χ1n) is 9.27. The standard InChI is InChI=1S/C22H28N2O3/c1-16(2)18-9-11-19(12-10-18)24-22(26)6-4-5-21(25)23-15-17-7-13-20(27-3)14-8-17/h7-14,16H,4-6,15H2,1-3H3,(H,23,25)(H,24,26). The molecule has 0 aliphatic rings. The highest BCUT2D eigenvalue weighted by molar-refractivity contribution is 5.91. The lowest BCUT2D eigenvalue weighted by molar-refractivity contribution is -0.121. The van der Waals surface area contributed by atoms with Crippen LogP contribution < -0.4 is 15.4 Å². The number of carbonyl (C=O) groups is 2. The van der Waals surface area contributed by atoms with Gasteiger partial charge in [-0.15, -0.1) is 0 Å². The number of anilines is 1. The van der Waals surface area contributed by atoms with Crippen LogP contribution in [-0.2, 0) is 16.1 Å². The Hall–Kier alpha value is -2.82. The van der Waals surface area contributed by atoms with Gasteiger partial charge in [0, 0.05) is 25.1 Å². The third-order valence-electron chi connectivity index (χ3n) is 4.32. The Bertz CT molecular complexity index is 737. The van der Waals surface area contributed by atoms with Crippen molar-refractivity contribution in [3.8, 4) is 5.75 Å². The number of hydrogen-bond donors (Lipinski definition) is 2. The Morgan fingerprint density at radius 3 is 2.15 bits per heavy atom. The predicted molar refractivity (Wildman–Crippen MR) is 108 cm³/mol. The summed E-state index contributed by atoms with van der Waals surface area (Å²) in [5, 5.41) is 5.73. The molecule has 0 aliphatic heterocycles. The minimum Gasteiger partial charge on any atom is -0.497 e. The third-order valence-corrected chi connectivity index (χ3v) is 4.32. The Labute approximate surface area is 161 Å². The maximum absolute atomic E-state index is 12.0. The van der Waals surface area contributed by atoms with E-state index in [0.29, 0.717) is 31.7 Å². The topological polar surface area (TPSA) is 67.4 Å². The highest BCUT2D eigenvalue weighted by atomic mass is 16.5. The lowest BCUT2D eigenvalue weighted by Crippen LogP contribution is -2.23. The van der Waals surface area contributed by atoms with Crippen molar-refractivity contribution in [1.29, 1.82) is 0 Å². The first-order chi connectivity index (χ1) is 13.0. The normalized spacial score (nSPS) is 10.5. The minimum absolute atomic E-state index is 0.0556. The summed E-state index contributed by atoms with van der Waals surface area (Å²) in [4.78, 5) is 23.9. The fourth-order valence-corrected chi connectivity index (χ4v) is 2.62. The average molecular weight is 368 g/mol. The zero-order chi connectivity index (χ0) is 19.6. The zero-order valence-corrected chi connectivity index (χ0v) is 16.2. The number of methoxy groups -OCH3 is 1. The van der Waals surface area contributed by atoms with Crippen LogP contribution in [0.1, 0.15) is 50.2 Å². The lowest BCUT2D eigenvalue weighted by atomic mass is 10.0. The van der Waals surface area contributed by atoms with Gasteiger partial charge in [-0.3, -0.25) is 9.59 Å². The number of ether oxygens (including phenoxy) is 1. The van der Waals surface area contributed by atoms with E-state index in [1.165, 1.54) is 5.56 Å². The molecule has 2 aromatic carbocycles. The molecule has 2 aromatic rings. The van der Waals surface area contributed by atoms with Gasteiger partial charge in [-0.1, -0.05) is 38.1 Å². The van der Waals surface area contributed by atoms with Crippen molar-refractivity contribution in [3.05, 3.63) is 59.7 Å². The van der Waals surface area contributed by atoms with Crippen molar-refractivity contribution in [2.45, 2.75) is 45.6 Å². The lowest BCUT2D eigenvalue weighted by Gasteiger charge is -2.09. The van der Waals surface area contributed by atoms with Crippen LogP contribution in [0.5, 0.6) is 5.75 Å². The van der Waals surface area contributed by atoms with E-state index in [9.17, 15) is 9.59 Å². The molecule has 2 amide bonds. The third kappa shape index (κ3) is 7.13. The van der Waals surface area contributed by atoms with Crippen LogP contribution in [0.3, 0.4) is 0 Å². The van der Waals surface area contributed by atoms with Gasteiger partial charge < -0.3 is 15.4 Å². The van der Waals surface area contributed by atoms with Crippen molar-refractivity contribution in [1.82, 2.24) is 5.32 Å². The fourth-order valence-electron chi connectivity index (χ4n) is 2.62. The molecule has 2 rings (SSSR count). The van der Waals surface area contributed by atoms with Gasteiger partial charge in [0.05, 0.1) is 7.11 Å². The molecule has 0 atom stereocenters. The van der Waals surface area contributed by atoms with Gasteiger partial charge in [0.15, 0.2) is 0 Å². The quantitative estimate of drug-likeness (QED) is 0.695. The van der Waals surface area contributed by atoms with Gasteiger partial charge in [0.25, 0.3) is 0 Å². The molecule has 0 unspecified atom stereocenters. The highest BCUT2D eigenvalue weighted by Crippen LogP contribution is 2.17. The number of rotatable bonds is 9. The van der Waals surface area contributed by atoms with Gasteiger partial charge in [-0.2, -0.15) is 0 Å². The van der Waals surface area contributed by atoms with Gasteiger partial charge in [-0.05, 0) is 47.7 Å². The second-order valence-corrected chi connectivity index (χ2v) is 6.80. The minimum atomic E-state index is -0.0738. The molecule has 5 heteroatoms. The summed E-state index contributed by atoms with van der Waals surface area (Å²) in [5.74, 6) is 1.12. The van der Waals surface area contributed by atoms with Crippen LogP contribution in [0, 0.1) is 0 Å². The van der Waals surface area contributed by atoms with Crippen molar-refractivity contribution >= 4 is 17.5 Å². The van der Waals surface area contributed by atoms with E-state index in [-0.39, 0.29) is 11.8 Å². The van der Waals surface area contributed by atoms with Crippen LogP contribution in [0.4, 0.5) is 5.69 Å². The van der Waals surface area contributed by atoms with Crippen LogP contribution >= 0.6 is 0 Å². The summed E-state index contributed by atoms with van der Waals surface area (Å²) in [7, 11) is 1.62. The number of nitrogens with one attached hydrogen (secondary N) is 2. The average Bonchev–Trinajstić information content (AvgIpc) is 2.67. The van der Waals surface area contributed by atoms with Crippen molar-refractivity contribution in [3.63, 3.8) is 0 Å². The molecule has 27 heavy (non-hydrogen) atoms. The number of carbonyl (C=O) groups excluding carboxylic acids is 2. The van der Waals surface area contributed by atoms with E-state index in [1.54, 1.807) is 7.11 Å². The van der Waals surface area contributed by atoms with Gasteiger partial charge in [0.1, 0.15) is 5.75 Å². The molecule has 2 N–H and O–H groups in total. The summed E-state index contributed by atoms with van der Waals surface area (Å²) < 4.78 is 5.10. The van der Waals surface area contributed by atoms with Gasteiger partial charge in [0.2, 0.25) is 11.8 Å². The molecule has 0 fully saturated rings. The second kappa shape index (κ2) is 10.4. The smallest absolute Gasteiger partial charge is 0.224 e.